The molecule has 0 bridgehead atoms. The van der Waals surface area contributed by atoms with Crippen molar-refractivity contribution in [1.82, 2.24) is 0 Å². The molecule has 7 rings (SSSR count). The normalized spacial score (nSPS) is 12.9. The molecule has 1 aliphatic heterocycles. The maximum atomic E-state index is 12.5. The van der Waals surface area contributed by atoms with Crippen LogP contribution in [0.2, 0.25) is 0 Å². The molecule has 6 aromatic carbocycles. The Bertz CT molecular complexity index is 3030. The number of hydrogen-bond donors (Lipinski definition) is 0. The van der Waals surface area contributed by atoms with Crippen LogP contribution < -0.4 is 174 Å². The molecule has 6 aromatic rings. The minimum Gasteiger partial charge on any atom is -0.744 e. The molecule has 0 amide bonds. The van der Waals surface area contributed by atoms with Gasteiger partial charge in [-0.2, -0.15) is 0 Å². The summed E-state index contributed by atoms with van der Waals surface area (Å²) in [5.74, 6) is 0.494. The van der Waals surface area contributed by atoms with Gasteiger partial charge in [0.15, 0.2) is 0 Å². The van der Waals surface area contributed by atoms with Gasteiger partial charge < -0.3 is 41.9 Å². The van der Waals surface area contributed by atoms with E-state index in [1.807, 2.05) is 13.8 Å². The molecule has 0 spiro atoms. The van der Waals surface area contributed by atoms with Crippen LogP contribution in [0.4, 0.5) is 0 Å². The zero-order valence-electron chi connectivity index (χ0n) is 39.4. The monoisotopic (exact) mass is 1110 g/mol. The maximum Gasteiger partial charge on any atom is 1.00 e. The molecular formula is C43H36Na4O17P2S4. The van der Waals surface area contributed by atoms with Gasteiger partial charge in [0.05, 0.1) is 48.0 Å². The van der Waals surface area contributed by atoms with E-state index in [1.165, 1.54) is 52.7 Å². The summed E-state index contributed by atoms with van der Waals surface area (Å²) in [5, 5.41) is 0.819. The Morgan fingerprint density at radius 3 is 0.857 bits per heavy atom. The molecule has 70 heavy (non-hydrogen) atoms. The van der Waals surface area contributed by atoms with Crippen LogP contribution in [-0.4, -0.2) is 80.3 Å². The van der Waals surface area contributed by atoms with E-state index in [2.05, 4.69) is 0 Å². The minimum absolute atomic E-state index is 0. The molecule has 0 saturated heterocycles. The van der Waals surface area contributed by atoms with E-state index in [1.54, 1.807) is 36.4 Å². The first-order valence-corrected chi connectivity index (χ1v) is 27.3. The van der Waals surface area contributed by atoms with Crippen LogP contribution in [0.3, 0.4) is 0 Å². The predicted molar refractivity (Wildman–Crippen MR) is 241 cm³/mol. The van der Waals surface area contributed by atoms with Crippen molar-refractivity contribution < 1.29 is 194 Å². The van der Waals surface area contributed by atoms with Crippen LogP contribution in [0.25, 0.3) is 0 Å². The van der Waals surface area contributed by atoms with Gasteiger partial charge in [-0.3, -0.25) is 0 Å². The maximum absolute atomic E-state index is 12.5. The molecule has 0 N–H and O–H groups in total. The van der Waals surface area contributed by atoms with Crippen LogP contribution in [0.1, 0.15) is 25.0 Å². The molecule has 0 radical (unpaired) electrons. The molecule has 1 aliphatic rings. The van der Waals surface area contributed by atoms with E-state index in [4.69, 9.17) is 23.7 Å². The van der Waals surface area contributed by atoms with Crippen LogP contribution in [0, 0.1) is 0 Å². The van der Waals surface area contributed by atoms with Crippen molar-refractivity contribution in [3.05, 3.63) is 120 Å². The summed E-state index contributed by atoms with van der Waals surface area (Å²) in [5.41, 5.74) is 0.0439. The summed E-state index contributed by atoms with van der Waals surface area (Å²) in [6, 6.07) is 23.6. The fourth-order valence-corrected chi connectivity index (χ4v) is 15.3. The van der Waals surface area contributed by atoms with Gasteiger partial charge in [-0.1, -0.05) is 50.2 Å². The van der Waals surface area contributed by atoms with Crippen molar-refractivity contribution in [3.63, 3.8) is 0 Å². The second-order valence-electron chi connectivity index (χ2n) is 14.9. The van der Waals surface area contributed by atoms with Crippen molar-refractivity contribution in [2.24, 2.45) is 0 Å². The van der Waals surface area contributed by atoms with Crippen LogP contribution in [0.5, 0.6) is 34.5 Å². The zero-order valence-corrected chi connectivity index (χ0v) is 52.4. The summed E-state index contributed by atoms with van der Waals surface area (Å²) in [6.07, 6.45) is 0. The van der Waals surface area contributed by atoms with Crippen LogP contribution in [0.15, 0.2) is 129 Å². The summed E-state index contributed by atoms with van der Waals surface area (Å²) >= 11 is 0. The SMILES string of the molecule is COc1ccc(S(=O)(=O)[O-])cc1P(c1cc(S(=O)(=O)[O-])ccc1OC)c1cccc2c1Oc1c(P(c3cc(S(=O)(=O)[O-])ccc3OC)c3cc(S(=O)(=O)[O-])ccc3OC)cccc1C2(C)C.[Na+].[Na+].[Na+].[Na+]. The first-order chi connectivity index (χ1) is 30.8. The van der Waals surface area contributed by atoms with Gasteiger partial charge >= 0.3 is 118 Å². The average Bonchev–Trinajstić information content (AvgIpc) is 3.25. The molecule has 0 aromatic heterocycles. The Balaban J connectivity index is 0.00000324. The molecule has 0 fully saturated rings. The Morgan fingerprint density at radius 1 is 0.400 bits per heavy atom. The first kappa shape index (κ1) is 63.1. The van der Waals surface area contributed by atoms with Crippen molar-refractivity contribution >= 4 is 88.1 Å². The van der Waals surface area contributed by atoms with Crippen molar-refractivity contribution in [1.29, 1.82) is 0 Å². The average molecular weight is 1110 g/mol. The van der Waals surface area contributed by atoms with E-state index in [9.17, 15) is 51.9 Å². The van der Waals surface area contributed by atoms with Crippen molar-refractivity contribution in [2.75, 3.05) is 28.4 Å². The molecule has 0 saturated carbocycles. The fraction of sp³-hybridized carbons (Fsp3) is 0.163. The van der Waals surface area contributed by atoms with Crippen molar-refractivity contribution in [3.8, 4) is 34.5 Å². The minimum atomic E-state index is -5.11. The van der Waals surface area contributed by atoms with E-state index < -0.39 is 81.3 Å². The Labute approximate surface area is 497 Å². The summed E-state index contributed by atoms with van der Waals surface area (Å²) in [6.45, 7) is 3.72. The standard InChI is InChI=1S/C43H40O17P2S4.4Na/c1-43(2)29-9-7-11-35(61(37-21-25(63(44,45)46)13-17-31(37)56-3)38-22-26(64(47,48)49)14-18-32(38)57-4)41(29)60-42-30(43)10-8-12-36(42)62(39-23-27(65(50,51)52)15-19-33(39)58-5)40-24-28(66(53,54)55)16-20-34(40)59-6;;;;/h7-24H,1-6H3,(H,44,45,46)(H,47,48,49)(H,50,51,52)(H,53,54,55);;;;/q;4*+1/p-4. The molecule has 1 heterocycles. The van der Waals surface area contributed by atoms with Gasteiger partial charge in [0, 0.05) is 48.4 Å². The smallest absolute Gasteiger partial charge is 0.744 e. The summed E-state index contributed by atoms with van der Waals surface area (Å²) < 4.78 is 180. The van der Waals surface area contributed by atoms with Crippen LogP contribution >= 0.6 is 15.8 Å². The van der Waals surface area contributed by atoms with Gasteiger partial charge in [-0.15, -0.1) is 0 Å². The van der Waals surface area contributed by atoms with Gasteiger partial charge in [0.25, 0.3) is 0 Å². The van der Waals surface area contributed by atoms with Crippen molar-refractivity contribution in [2.45, 2.75) is 38.8 Å². The van der Waals surface area contributed by atoms with E-state index >= 15 is 0 Å². The number of hydrogen-bond acceptors (Lipinski definition) is 17. The number of benzene rings is 6. The summed E-state index contributed by atoms with van der Waals surface area (Å²) in [7, 11) is -20.0. The predicted octanol–water partition coefficient (Wildman–Crippen LogP) is -8.70. The number of ether oxygens (including phenoxy) is 5. The Hall–Kier alpha value is -1.18. The van der Waals surface area contributed by atoms with Gasteiger partial charge in [0.2, 0.25) is 0 Å². The van der Waals surface area contributed by atoms with E-state index in [-0.39, 0.29) is 185 Å². The first-order valence-electron chi connectivity index (χ1n) is 19.0. The molecule has 17 nitrogen and oxygen atoms in total. The molecular weight excluding hydrogens is 1070 g/mol. The van der Waals surface area contributed by atoms with Gasteiger partial charge in [0.1, 0.15) is 75.0 Å². The van der Waals surface area contributed by atoms with E-state index in [0.717, 1.165) is 48.5 Å². The molecule has 0 unspecified atom stereocenters. The number of methoxy groups -OCH3 is 4. The molecule has 0 aliphatic carbocycles. The topological polar surface area (TPSA) is 275 Å². The zero-order chi connectivity index (χ0) is 48.3. The summed E-state index contributed by atoms with van der Waals surface area (Å²) in [4.78, 5) is -2.63. The third kappa shape index (κ3) is 12.7. The molecule has 348 valence electrons. The number of rotatable bonds is 14. The second-order valence-corrected chi connectivity index (χ2v) is 24.6. The third-order valence-corrected chi connectivity index (χ3v) is 19.1. The number of para-hydroxylation sites is 2. The largest absolute Gasteiger partial charge is 1.00 e. The Kier molecular flexibility index (Phi) is 21.8. The van der Waals surface area contributed by atoms with E-state index in [0.29, 0.717) is 11.1 Å². The van der Waals surface area contributed by atoms with Crippen LogP contribution in [-0.2, 0) is 45.9 Å². The fourth-order valence-electron chi connectivity index (χ4n) is 7.63. The quantitative estimate of drug-likeness (QED) is 0.0557. The van der Waals surface area contributed by atoms with Gasteiger partial charge in [-0.25, -0.2) is 33.7 Å². The molecule has 0 atom stereocenters. The third-order valence-electron chi connectivity index (χ3n) is 10.7. The van der Waals surface area contributed by atoms with Gasteiger partial charge in [-0.05, 0) is 88.6 Å². The Morgan fingerprint density at radius 2 is 0.643 bits per heavy atom. The second kappa shape index (κ2) is 24.2. The number of fused-ring (bicyclic) bond motifs is 2. The molecule has 27 heteroatoms.